The van der Waals surface area contributed by atoms with Crippen molar-refractivity contribution in [3.8, 4) is 5.75 Å². The maximum atomic E-state index is 11.5. The molecule has 0 radical (unpaired) electrons. The Bertz CT molecular complexity index is 466. The molecule has 1 aromatic rings. The minimum atomic E-state index is -1.12. The number of carboxylic acids is 1. The number of amides is 1. The Kier molecular flexibility index (Phi) is 6.83. The Labute approximate surface area is 121 Å². The lowest BCUT2D eigenvalue weighted by Crippen LogP contribution is -2.38. The summed E-state index contributed by atoms with van der Waals surface area (Å²) in [4.78, 5) is 22.2. The average molecular weight is 302 g/mol. The van der Waals surface area contributed by atoms with Crippen LogP contribution in [0.25, 0.3) is 0 Å². The zero-order valence-corrected chi connectivity index (χ0v) is 11.7. The fourth-order valence-corrected chi connectivity index (χ4v) is 1.57. The van der Waals surface area contributed by atoms with E-state index in [1.807, 2.05) is 0 Å². The standard InChI is InChI=1S/C13H16ClNO5/c1-19-11(13(17)18)8-15-12(16)6-7-20-10-5-3-2-4-9(10)14/h2-5,11H,6-8H2,1H3,(H,15,16)(H,17,18). The van der Waals surface area contributed by atoms with Gasteiger partial charge in [0.2, 0.25) is 5.91 Å². The van der Waals surface area contributed by atoms with Gasteiger partial charge in [0, 0.05) is 7.11 Å². The molecule has 0 aliphatic carbocycles. The first-order valence-electron chi connectivity index (χ1n) is 5.94. The first-order chi connectivity index (χ1) is 9.54. The van der Waals surface area contributed by atoms with Crippen LogP contribution >= 0.6 is 11.6 Å². The lowest BCUT2D eigenvalue weighted by Gasteiger charge is -2.12. The number of hydrogen-bond acceptors (Lipinski definition) is 4. The summed E-state index contributed by atoms with van der Waals surface area (Å²) in [5, 5.41) is 11.7. The van der Waals surface area contributed by atoms with Crippen LogP contribution in [0, 0.1) is 0 Å². The molecule has 1 rings (SSSR count). The Hall–Kier alpha value is -1.79. The quantitative estimate of drug-likeness (QED) is 0.756. The number of carbonyl (C=O) groups is 2. The van der Waals surface area contributed by atoms with Crippen LogP contribution < -0.4 is 10.1 Å². The number of carboxylic acid groups (broad SMARTS) is 1. The third-order valence-electron chi connectivity index (χ3n) is 2.47. The summed E-state index contributed by atoms with van der Waals surface area (Å²) in [5.74, 6) is -0.942. The topological polar surface area (TPSA) is 84.9 Å². The first kappa shape index (κ1) is 16.3. The number of rotatable bonds is 8. The number of hydrogen-bond donors (Lipinski definition) is 2. The van der Waals surface area contributed by atoms with Gasteiger partial charge in [-0.2, -0.15) is 0 Å². The minimum absolute atomic E-state index is 0.0865. The molecule has 20 heavy (non-hydrogen) atoms. The molecule has 1 aromatic carbocycles. The summed E-state index contributed by atoms with van der Waals surface area (Å²) in [6.45, 7) is 0.0665. The van der Waals surface area contributed by atoms with Crippen LogP contribution in [0.5, 0.6) is 5.75 Å². The first-order valence-corrected chi connectivity index (χ1v) is 6.32. The summed E-state index contributed by atoms with van der Waals surface area (Å²) in [5.41, 5.74) is 0. The van der Waals surface area contributed by atoms with Crippen LogP contribution in [-0.2, 0) is 14.3 Å². The smallest absolute Gasteiger partial charge is 0.334 e. The van der Waals surface area contributed by atoms with Crippen LogP contribution in [0.4, 0.5) is 0 Å². The number of para-hydroxylation sites is 1. The van der Waals surface area contributed by atoms with Gasteiger partial charge >= 0.3 is 5.97 Å². The minimum Gasteiger partial charge on any atom is -0.491 e. The lowest BCUT2D eigenvalue weighted by molar-refractivity contribution is -0.148. The molecule has 1 unspecified atom stereocenters. The molecule has 110 valence electrons. The van der Waals surface area contributed by atoms with E-state index in [2.05, 4.69) is 10.1 Å². The number of aliphatic carboxylic acids is 1. The van der Waals surface area contributed by atoms with Gasteiger partial charge in [-0.25, -0.2) is 4.79 Å². The summed E-state index contributed by atoms with van der Waals surface area (Å²) in [6.07, 6.45) is -0.954. The highest BCUT2D eigenvalue weighted by Gasteiger charge is 2.16. The molecular weight excluding hydrogens is 286 g/mol. The van der Waals surface area contributed by atoms with Gasteiger partial charge in [0.15, 0.2) is 6.10 Å². The Balaban J connectivity index is 2.27. The van der Waals surface area contributed by atoms with E-state index in [-0.39, 0.29) is 25.5 Å². The summed E-state index contributed by atoms with van der Waals surface area (Å²) < 4.78 is 10.0. The van der Waals surface area contributed by atoms with Gasteiger partial charge in [-0.15, -0.1) is 0 Å². The van der Waals surface area contributed by atoms with Crippen LogP contribution in [0.2, 0.25) is 5.02 Å². The lowest BCUT2D eigenvalue weighted by atomic mass is 10.3. The second-order valence-corrected chi connectivity index (χ2v) is 4.30. The van der Waals surface area contributed by atoms with Gasteiger partial charge in [-0.1, -0.05) is 23.7 Å². The molecule has 2 N–H and O–H groups in total. The van der Waals surface area contributed by atoms with Gasteiger partial charge in [0.25, 0.3) is 0 Å². The molecule has 0 fully saturated rings. The highest BCUT2D eigenvalue weighted by Crippen LogP contribution is 2.22. The van der Waals surface area contributed by atoms with E-state index in [4.69, 9.17) is 21.4 Å². The number of benzene rings is 1. The zero-order valence-electron chi connectivity index (χ0n) is 11.0. The summed E-state index contributed by atoms with van der Waals surface area (Å²) in [6, 6.07) is 6.94. The number of ether oxygens (including phenoxy) is 2. The van der Waals surface area contributed by atoms with Crippen molar-refractivity contribution in [3.63, 3.8) is 0 Å². The monoisotopic (exact) mass is 301 g/mol. The highest BCUT2D eigenvalue weighted by molar-refractivity contribution is 6.32. The van der Waals surface area contributed by atoms with Gasteiger partial charge in [-0.05, 0) is 12.1 Å². The Morgan fingerprint density at radius 2 is 2.10 bits per heavy atom. The average Bonchev–Trinajstić information content (AvgIpc) is 2.41. The molecular formula is C13H16ClNO5. The second kappa shape index (κ2) is 8.39. The van der Waals surface area contributed by atoms with E-state index in [0.717, 1.165) is 0 Å². The van der Waals surface area contributed by atoms with E-state index in [0.29, 0.717) is 10.8 Å². The highest BCUT2D eigenvalue weighted by atomic mass is 35.5. The summed E-state index contributed by atoms with van der Waals surface area (Å²) >= 11 is 5.89. The number of halogens is 1. The van der Waals surface area contributed by atoms with Gasteiger partial charge in [0.05, 0.1) is 24.6 Å². The maximum absolute atomic E-state index is 11.5. The van der Waals surface area contributed by atoms with Crippen molar-refractivity contribution in [2.45, 2.75) is 12.5 Å². The SMILES string of the molecule is COC(CNC(=O)CCOc1ccccc1Cl)C(=O)O. The van der Waals surface area contributed by atoms with Crippen molar-refractivity contribution >= 4 is 23.5 Å². The molecule has 0 aliphatic rings. The van der Waals surface area contributed by atoms with Crippen molar-refractivity contribution in [3.05, 3.63) is 29.3 Å². The number of nitrogens with one attached hydrogen (secondary N) is 1. The van der Waals surface area contributed by atoms with Crippen molar-refractivity contribution in [2.75, 3.05) is 20.3 Å². The predicted molar refractivity (Wildman–Crippen MR) is 73.0 cm³/mol. The van der Waals surface area contributed by atoms with Gasteiger partial charge < -0.3 is 19.9 Å². The molecule has 6 nitrogen and oxygen atoms in total. The van der Waals surface area contributed by atoms with Crippen LogP contribution in [0.1, 0.15) is 6.42 Å². The van der Waals surface area contributed by atoms with Crippen molar-refractivity contribution in [1.82, 2.24) is 5.32 Å². The Morgan fingerprint density at radius 1 is 1.40 bits per heavy atom. The van der Waals surface area contributed by atoms with E-state index < -0.39 is 12.1 Å². The van der Waals surface area contributed by atoms with Crippen LogP contribution in [0.3, 0.4) is 0 Å². The van der Waals surface area contributed by atoms with Gasteiger partial charge in [-0.3, -0.25) is 4.79 Å². The molecule has 7 heteroatoms. The molecule has 0 saturated heterocycles. The number of methoxy groups -OCH3 is 1. The third-order valence-corrected chi connectivity index (χ3v) is 2.78. The molecule has 0 spiro atoms. The molecule has 1 atom stereocenters. The zero-order chi connectivity index (χ0) is 15.0. The van der Waals surface area contributed by atoms with Crippen molar-refractivity contribution in [2.24, 2.45) is 0 Å². The predicted octanol–water partition coefficient (Wildman–Crippen LogP) is 1.32. The molecule has 0 heterocycles. The third kappa shape index (κ3) is 5.46. The molecule has 0 aromatic heterocycles. The fourth-order valence-electron chi connectivity index (χ4n) is 1.38. The van der Waals surface area contributed by atoms with Crippen molar-refractivity contribution in [1.29, 1.82) is 0 Å². The normalized spacial score (nSPS) is 11.7. The number of carbonyl (C=O) groups excluding carboxylic acids is 1. The Morgan fingerprint density at radius 3 is 2.70 bits per heavy atom. The van der Waals surface area contributed by atoms with E-state index >= 15 is 0 Å². The van der Waals surface area contributed by atoms with E-state index in [1.165, 1.54) is 7.11 Å². The summed E-state index contributed by atoms with van der Waals surface area (Å²) in [7, 11) is 1.27. The van der Waals surface area contributed by atoms with E-state index in [9.17, 15) is 9.59 Å². The fraction of sp³-hybridized carbons (Fsp3) is 0.385. The maximum Gasteiger partial charge on any atom is 0.334 e. The molecule has 0 bridgehead atoms. The molecule has 1 amide bonds. The largest absolute Gasteiger partial charge is 0.491 e. The van der Waals surface area contributed by atoms with Crippen LogP contribution in [-0.4, -0.2) is 43.3 Å². The molecule has 0 aliphatic heterocycles. The van der Waals surface area contributed by atoms with Gasteiger partial charge in [0.1, 0.15) is 5.75 Å². The van der Waals surface area contributed by atoms with Crippen LogP contribution in [0.15, 0.2) is 24.3 Å². The van der Waals surface area contributed by atoms with E-state index in [1.54, 1.807) is 24.3 Å². The molecule has 0 saturated carbocycles. The van der Waals surface area contributed by atoms with Crippen molar-refractivity contribution < 1.29 is 24.2 Å². The second-order valence-electron chi connectivity index (χ2n) is 3.90.